The van der Waals surface area contributed by atoms with Crippen LogP contribution in [0.2, 0.25) is 0 Å². The zero-order valence-electron chi connectivity index (χ0n) is 9.67. The summed E-state index contributed by atoms with van der Waals surface area (Å²) >= 11 is 3.08. The van der Waals surface area contributed by atoms with Crippen LogP contribution >= 0.6 is 15.9 Å². The van der Waals surface area contributed by atoms with Gasteiger partial charge in [0.2, 0.25) is 0 Å². The van der Waals surface area contributed by atoms with E-state index in [0.717, 1.165) is 0 Å². The summed E-state index contributed by atoms with van der Waals surface area (Å²) in [5, 5.41) is 11.6. The minimum absolute atomic E-state index is 0.0501. The fourth-order valence-corrected chi connectivity index (χ4v) is 1.88. The maximum atomic E-state index is 11.9. The zero-order valence-corrected chi connectivity index (χ0v) is 11.3. The maximum Gasteiger partial charge on any atom is 0.330 e. The molecule has 0 radical (unpaired) electrons. The molecule has 1 unspecified atom stereocenters. The van der Waals surface area contributed by atoms with Crippen molar-refractivity contribution in [3.8, 4) is 0 Å². The number of furan rings is 1. The van der Waals surface area contributed by atoms with E-state index in [-0.39, 0.29) is 5.76 Å². The summed E-state index contributed by atoms with van der Waals surface area (Å²) in [6.45, 7) is 0. The lowest BCUT2D eigenvalue weighted by Crippen LogP contribution is -2.33. The van der Waals surface area contributed by atoms with E-state index in [1.807, 2.05) is 0 Å². The molecule has 5 nitrogen and oxygen atoms in total. The molecule has 1 amide bonds. The van der Waals surface area contributed by atoms with Gasteiger partial charge in [-0.2, -0.15) is 0 Å². The molecule has 0 fully saturated rings. The highest BCUT2D eigenvalue weighted by Gasteiger charge is 2.23. The van der Waals surface area contributed by atoms with E-state index in [2.05, 4.69) is 21.2 Å². The molecule has 19 heavy (non-hydrogen) atoms. The van der Waals surface area contributed by atoms with Crippen LogP contribution in [-0.2, 0) is 4.79 Å². The van der Waals surface area contributed by atoms with E-state index in [4.69, 9.17) is 4.42 Å². The number of halogens is 1. The number of hydrogen-bond acceptors (Lipinski definition) is 3. The van der Waals surface area contributed by atoms with Crippen molar-refractivity contribution in [2.75, 3.05) is 0 Å². The molecule has 0 bridgehead atoms. The van der Waals surface area contributed by atoms with Crippen molar-refractivity contribution in [2.24, 2.45) is 0 Å². The third kappa shape index (κ3) is 3.23. The first-order chi connectivity index (χ1) is 9.08. The summed E-state index contributed by atoms with van der Waals surface area (Å²) in [5.41, 5.74) is 0.494. The number of rotatable bonds is 4. The van der Waals surface area contributed by atoms with E-state index < -0.39 is 17.9 Å². The largest absolute Gasteiger partial charge is 0.479 e. The summed E-state index contributed by atoms with van der Waals surface area (Å²) in [5.74, 6) is -1.67. The van der Waals surface area contributed by atoms with E-state index in [1.165, 1.54) is 6.07 Å². The topological polar surface area (TPSA) is 79.5 Å². The van der Waals surface area contributed by atoms with Gasteiger partial charge in [0.25, 0.3) is 5.91 Å². The highest BCUT2D eigenvalue weighted by molar-refractivity contribution is 9.10. The van der Waals surface area contributed by atoms with Crippen LogP contribution in [0.1, 0.15) is 22.2 Å². The molecule has 2 aromatic rings. The van der Waals surface area contributed by atoms with Gasteiger partial charge in [0.05, 0.1) is 0 Å². The van der Waals surface area contributed by atoms with E-state index in [0.29, 0.717) is 10.2 Å². The van der Waals surface area contributed by atoms with Gasteiger partial charge in [-0.1, -0.05) is 30.3 Å². The Bertz CT molecular complexity index is 594. The molecule has 0 saturated heterocycles. The SMILES string of the molecule is O=C(NC(C(=O)O)c1ccccc1)c1ccc(Br)o1. The van der Waals surface area contributed by atoms with Crippen molar-refractivity contribution in [1.29, 1.82) is 0 Å². The van der Waals surface area contributed by atoms with Gasteiger partial charge in [0.1, 0.15) is 0 Å². The minimum Gasteiger partial charge on any atom is -0.479 e. The third-order valence-corrected chi connectivity index (χ3v) is 2.88. The van der Waals surface area contributed by atoms with Crippen LogP contribution < -0.4 is 5.32 Å². The molecular formula is C13H10BrNO4. The van der Waals surface area contributed by atoms with Crippen LogP contribution in [0.5, 0.6) is 0 Å². The van der Waals surface area contributed by atoms with Gasteiger partial charge in [-0.15, -0.1) is 0 Å². The van der Waals surface area contributed by atoms with Crippen molar-refractivity contribution in [3.63, 3.8) is 0 Å². The summed E-state index contributed by atoms with van der Waals surface area (Å²) in [6, 6.07) is 10.4. The van der Waals surface area contributed by atoms with E-state index >= 15 is 0 Å². The van der Waals surface area contributed by atoms with Gasteiger partial charge < -0.3 is 14.8 Å². The molecule has 0 spiro atoms. The van der Waals surface area contributed by atoms with Gasteiger partial charge in [-0.3, -0.25) is 4.79 Å². The average Bonchev–Trinajstić information content (AvgIpc) is 2.83. The molecule has 1 heterocycles. The number of carbonyl (C=O) groups excluding carboxylic acids is 1. The standard InChI is InChI=1S/C13H10BrNO4/c14-10-7-6-9(19-10)12(16)15-11(13(17)18)8-4-2-1-3-5-8/h1-7,11H,(H,15,16)(H,17,18). The Morgan fingerprint density at radius 1 is 1.16 bits per heavy atom. The molecule has 1 atom stereocenters. The van der Waals surface area contributed by atoms with Crippen molar-refractivity contribution in [3.05, 3.63) is 58.5 Å². The minimum atomic E-state index is -1.13. The quantitative estimate of drug-likeness (QED) is 0.906. The molecular weight excluding hydrogens is 314 g/mol. The number of nitrogens with one attached hydrogen (secondary N) is 1. The van der Waals surface area contributed by atoms with Crippen molar-refractivity contribution < 1.29 is 19.1 Å². The second-order valence-electron chi connectivity index (χ2n) is 3.76. The second kappa shape index (κ2) is 5.71. The summed E-state index contributed by atoms with van der Waals surface area (Å²) < 4.78 is 5.48. The second-order valence-corrected chi connectivity index (χ2v) is 4.54. The lowest BCUT2D eigenvalue weighted by atomic mass is 10.1. The summed E-state index contributed by atoms with van der Waals surface area (Å²) in [7, 11) is 0. The van der Waals surface area contributed by atoms with Crippen LogP contribution in [0.15, 0.2) is 51.6 Å². The molecule has 0 aliphatic rings. The van der Waals surface area contributed by atoms with Crippen LogP contribution in [0.3, 0.4) is 0 Å². The van der Waals surface area contributed by atoms with E-state index in [9.17, 15) is 14.7 Å². The fraction of sp³-hybridized carbons (Fsp3) is 0.0769. The Morgan fingerprint density at radius 2 is 1.84 bits per heavy atom. The first-order valence-corrected chi connectivity index (χ1v) is 6.21. The van der Waals surface area contributed by atoms with Gasteiger partial charge in [-0.05, 0) is 33.6 Å². The van der Waals surface area contributed by atoms with Crippen molar-refractivity contribution >= 4 is 27.8 Å². The highest BCUT2D eigenvalue weighted by Crippen LogP contribution is 2.17. The molecule has 0 saturated carbocycles. The smallest absolute Gasteiger partial charge is 0.330 e. The molecule has 2 N–H and O–H groups in total. The maximum absolute atomic E-state index is 11.9. The van der Waals surface area contributed by atoms with Crippen molar-refractivity contribution in [1.82, 2.24) is 5.32 Å². The first kappa shape index (κ1) is 13.4. The lowest BCUT2D eigenvalue weighted by Gasteiger charge is -2.13. The molecule has 1 aromatic carbocycles. The van der Waals surface area contributed by atoms with Gasteiger partial charge >= 0.3 is 5.97 Å². The summed E-state index contributed by atoms with van der Waals surface area (Å²) in [6.07, 6.45) is 0. The molecule has 98 valence electrons. The zero-order chi connectivity index (χ0) is 13.8. The van der Waals surface area contributed by atoms with Gasteiger partial charge in [0, 0.05) is 0 Å². The molecule has 2 rings (SSSR count). The number of carbonyl (C=O) groups is 2. The van der Waals surface area contributed by atoms with Crippen molar-refractivity contribution in [2.45, 2.75) is 6.04 Å². The third-order valence-electron chi connectivity index (χ3n) is 2.45. The fourth-order valence-electron chi connectivity index (χ4n) is 1.57. The Morgan fingerprint density at radius 3 is 2.37 bits per heavy atom. The van der Waals surface area contributed by atoms with E-state index in [1.54, 1.807) is 36.4 Å². The Labute approximate surface area is 117 Å². The average molecular weight is 324 g/mol. The number of benzene rings is 1. The van der Waals surface area contributed by atoms with Crippen LogP contribution in [-0.4, -0.2) is 17.0 Å². The highest BCUT2D eigenvalue weighted by atomic mass is 79.9. The molecule has 0 aliphatic heterocycles. The van der Waals surface area contributed by atoms with Crippen LogP contribution in [0.4, 0.5) is 0 Å². The number of carboxylic acid groups (broad SMARTS) is 1. The number of hydrogen-bond donors (Lipinski definition) is 2. The predicted octanol–water partition coefficient (Wildman–Crippen LogP) is 2.60. The first-order valence-electron chi connectivity index (χ1n) is 5.42. The molecule has 1 aromatic heterocycles. The van der Waals surface area contributed by atoms with Crippen LogP contribution in [0, 0.1) is 0 Å². The molecule has 6 heteroatoms. The summed E-state index contributed by atoms with van der Waals surface area (Å²) in [4.78, 5) is 23.1. The normalized spacial score (nSPS) is 11.8. The lowest BCUT2D eigenvalue weighted by molar-refractivity contribution is -0.139. The molecule has 0 aliphatic carbocycles. The number of aliphatic carboxylic acids is 1. The Hall–Kier alpha value is -2.08. The van der Waals surface area contributed by atoms with Gasteiger partial charge in [-0.25, -0.2) is 4.79 Å². The Kier molecular flexibility index (Phi) is 4.01. The van der Waals surface area contributed by atoms with Gasteiger partial charge in [0.15, 0.2) is 16.5 Å². The monoisotopic (exact) mass is 323 g/mol. The predicted molar refractivity (Wildman–Crippen MR) is 70.7 cm³/mol. The number of carboxylic acids is 1. The number of amides is 1. The van der Waals surface area contributed by atoms with Crippen LogP contribution in [0.25, 0.3) is 0 Å². The Balaban J connectivity index is 2.18.